The number of benzene rings is 2. The van der Waals surface area contributed by atoms with Gasteiger partial charge in [-0.1, -0.05) is 30.7 Å². The lowest BCUT2D eigenvalue weighted by atomic mass is 9.81. The van der Waals surface area contributed by atoms with E-state index in [0.29, 0.717) is 30.7 Å². The highest BCUT2D eigenvalue weighted by atomic mass is 16.5. The van der Waals surface area contributed by atoms with Crippen molar-refractivity contribution in [3.05, 3.63) is 59.7 Å². The van der Waals surface area contributed by atoms with Gasteiger partial charge in [-0.2, -0.15) is 0 Å². The second-order valence-electron chi connectivity index (χ2n) is 7.62. The van der Waals surface area contributed by atoms with Crippen molar-refractivity contribution in [2.24, 2.45) is 5.92 Å². The highest BCUT2D eigenvalue weighted by Gasteiger charge is 2.33. The number of hydrogen-bond donors (Lipinski definition) is 1. The number of nitrogens with two attached hydrogens (primary N) is 1. The van der Waals surface area contributed by atoms with Crippen LogP contribution >= 0.6 is 0 Å². The Morgan fingerprint density at radius 2 is 1.78 bits per heavy atom. The summed E-state index contributed by atoms with van der Waals surface area (Å²) in [5.41, 5.74) is 9.22. The first kappa shape index (κ1) is 19.4. The van der Waals surface area contributed by atoms with Gasteiger partial charge in [-0.3, -0.25) is 9.69 Å². The number of ether oxygens (including phenoxy) is 1. The number of Topliss-reactive ketones (excluding diaryl/α,β-unsaturated/α-hetero) is 1. The molecule has 0 radical (unpaired) electrons. The van der Waals surface area contributed by atoms with E-state index >= 15 is 0 Å². The summed E-state index contributed by atoms with van der Waals surface area (Å²) in [7, 11) is 3.75. The third-order valence-electron chi connectivity index (χ3n) is 5.56. The third kappa shape index (κ3) is 5.10. The summed E-state index contributed by atoms with van der Waals surface area (Å²) in [6.07, 6.45) is 5.08. The van der Waals surface area contributed by atoms with Gasteiger partial charge in [0.1, 0.15) is 11.5 Å². The van der Waals surface area contributed by atoms with Gasteiger partial charge in [-0.15, -0.1) is 0 Å². The van der Waals surface area contributed by atoms with Crippen LogP contribution < -0.4 is 10.5 Å². The number of nitrogen functional groups attached to an aromatic ring is 1. The zero-order valence-electron chi connectivity index (χ0n) is 16.4. The molecule has 0 aliphatic carbocycles. The van der Waals surface area contributed by atoms with Gasteiger partial charge in [0.15, 0.2) is 0 Å². The molecule has 1 heterocycles. The van der Waals surface area contributed by atoms with Crippen LogP contribution in [0.3, 0.4) is 0 Å². The first-order valence-electron chi connectivity index (χ1n) is 9.77. The van der Waals surface area contributed by atoms with Gasteiger partial charge >= 0.3 is 0 Å². The first-order valence-corrected chi connectivity index (χ1v) is 9.77. The van der Waals surface area contributed by atoms with Crippen LogP contribution in [0.2, 0.25) is 0 Å². The molecular weight excluding hydrogens is 336 g/mol. The molecule has 3 rings (SSSR count). The Morgan fingerprint density at radius 1 is 1.07 bits per heavy atom. The highest BCUT2D eigenvalue weighted by Crippen LogP contribution is 2.37. The Hall–Kier alpha value is -2.33. The number of aryl methyl sites for hydroxylation is 1. The van der Waals surface area contributed by atoms with Crippen molar-refractivity contribution in [3.8, 4) is 5.75 Å². The molecule has 1 aliphatic rings. The van der Waals surface area contributed by atoms with Crippen molar-refractivity contribution in [1.29, 1.82) is 0 Å². The number of hydrogen-bond acceptors (Lipinski definition) is 4. The highest BCUT2D eigenvalue weighted by molar-refractivity contribution is 5.81. The van der Waals surface area contributed by atoms with Crippen LogP contribution in [0, 0.1) is 5.92 Å². The lowest BCUT2D eigenvalue weighted by Gasteiger charge is -2.39. The number of unbranched alkanes of at least 4 members (excludes halogenated alkanes) is 1. The number of carbonyl (C=O) groups is 1. The number of nitrogens with zero attached hydrogens (tertiary/aromatic N) is 1. The van der Waals surface area contributed by atoms with E-state index in [1.807, 2.05) is 24.3 Å². The predicted molar refractivity (Wildman–Crippen MR) is 110 cm³/mol. The van der Waals surface area contributed by atoms with E-state index in [-0.39, 0.29) is 0 Å². The normalized spacial score (nSPS) is 20.6. The number of likely N-dealkylation sites (N-methyl/N-ethyl adjacent to an activating group) is 1. The average Bonchev–Trinajstić information content (AvgIpc) is 2.66. The van der Waals surface area contributed by atoms with Crippen molar-refractivity contribution in [2.45, 2.75) is 38.1 Å². The minimum absolute atomic E-state index is 0.296. The summed E-state index contributed by atoms with van der Waals surface area (Å²) in [4.78, 5) is 14.4. The molecule has 2 N–H and O–H groups in total. The minimum Gasteiger partial charge on any atom is -0.497 e. The van der Waals surface area contributed by atoms with E-state index in [1.165, 1.54) is 11.1 Å². The fraction of sp³-hybridized carbons (Fsp3) is 0.435. The van der Waals surface area contributed by atoms with Crippen molar-refractivity contribution >= 4 is 11.5 Å². The molecule has 1 saturated heterocycles. The van der Waals surface area contributed by atoms with Crippen LogP contribution in [0.4, 0.5) is 5.69 Å². The fourth-order valence-corrected chi connectivity index (χ4v) is 4.21. The summed E-state index contributed by atoms with van der Waals surface area (Å²) in [6.45, 7) is 0.539. The number of likely N-dealkylation sites (tertiary alicyclic amines) is 1. The molecule has 1 aliphatic heterocycles. The van der Waals surface area contributed by atoms with Crippen molar-refractivity contribution in [1.82, 2.24) is 4.90 Å². The summed E-state index contributed by atoms with van der Waals surface area (Å²) < 4.78 is 5.21. The van der Waals surface area contributed by atoms with E-state index in [4.69, 9.17) is 10.5 Å². The van der Waals surface area contributed by atoms with Crippen LogP contribution in [0.25, 0.3) is 0 Å². The molecule has 1 fully saturated rings. The molecule has 0 spiro atoms. The summed E-state index contributed by atoms with van der Waals surface area (Å²) >= 11 is 0. The molecule has 0 saturated carbocycles. The number of anilines is 1. The zero-order valence-corrected chi connectivity index (χ0v) is 16.4. The van der Waals surface area contributed by atoms with Gasteiger partial charge in [0.2, 0.25) is 0 Å². The molecule has 2 atom stereocenters. The lowest BCUT2D eigenvalue weighted by molar-refractivity contribution is -0.125. The topological polar surface area (TPSA) is 55.6 Å². The van der Waals surface area contributed by atoms with Crippen LogP contribution in [0.5, 0.6) is 5.75 Å². The van der Waals surface area contributed by atoms with Crippen LogP contribution in [-0.2, 0) is 11.2 Å². The van der Waals surface area contributed by atoms with E-state index in [9.17, 15) is 4.79 Å². The number of ketones is 1. The van der Waals surface area contributed by atoms with Crippen molar-refractivity contribution < 1.29 is 9.53 Å². The lowest BCUT2D eigenvalue weighted by Crippen LogP contribution is -2.41. The number of piperidine rings is 1. The quantitative estimate of drug-likeness (QED) is 0.588. The summed E-state index contributed by atoms with van der Waals surface area (Å²) in [5.74, 6) is 1.62. The average molecular weight is 367 g/mol. The molecule has 4 nitrogen and oxygen atoms in total. The summed E-state index contributed by atoms with van der Waals surface area (Å²) in [6, 6.07) is 16.7. The molecule has 2 aromatic rings. The number of rotatable bonds is 7. The fourth-order valence-electron chi connectivity index (χ4n) is 4.21. The van der Waals surface area contributed by atoms with Crippen molar-refractivity contribution in [3.63, 3.8) is 0 Å². The van der Waals surface area contributed by atoms with Gasteiger partial charge < -0.3 is 10.5 Å². The Bertz CT molecular complexity index is 740. The van der Waals surface area contributed by atoms with Crippen LogP contribution in [0.1, 0.15) is 42.9 Å². The standard InChI is InChI=1S/C23H30N2O2/c1-25-16-21(26)15-19(23(25)18-9-11-20(24)12-10-18)6-4-3-5-17-7-13-22(27-2)14-8-17/h7-14,19,23H,3-6,15-16,24H2,1-2H3. The van der Waals surface area contributed by atoms with Crippen LogP contribution in [-0.4, -0.2) is 31.4 Å². The maximum absolute atomic E-state index is 12.2. The van der Waals surface area contributed by atoms with Crippen LogP contribution in [0.15, 0.2) is 48.5 Å². The molecule has 0 aromatic heterocycles. The predicted octanol–water partition coefficient (Wildman–Crippen LogP) is 4.25. The van der Waals surface area contributed by atoms with Gasteiger partial charge in [-0.25, -0.2) is 0 Å². The molecule has 0 bridgehead atoms. The van der Waals surface area contributed by atoms with E-state index in [1.54, 1.807) is 7.11 Å². The van der Waals surface area contributed by atoms with E-state index < -0.39 is 0 Å². The molecule has 27 heavy (non-hydrogen) atoms. The van der Waals surface area contributed by atoms with Crippen molar-refractivity contribution in [2.75, 3.05) is 26.4 Å². The van der Waals surface area contributed by atoms with E-state index in [0.717, 1.165) is 37.1 Å². The zero-order chi connectivity index (χ0) is 19.2. The molecule has 2 aromatic carbocycles. The summed E-state index contributed by atoms with van der Waals surface area (Å²) in [5, 5.41) is 0. The maximum Gasteiger partial charge on any atom is 0.147 e. The molecule has 2 unspecified atom stereocenters. The van der Waals surface area contributed by atoms with Gasteiger partial charge in [0.25, 0.3) is 0 Å². The SMILES string of the molecule is COc1ccc(CCCCC2CC(=O)CN(C)C2c2ccc(N)cc2)cc1. The first-order chi connectivity index (χ1) is 13.1. The Balaban J connectivity index is 1.58. The Morgan fingerprint density at radius 3 is 2.44 bits per heavy atom. The smallest absolute Gasteiger partial charge is 0.147 e. The monoisotopic (exact) mass is 366 g/mol. The molecule has 4 heteroatoms. The second-order valence-corrected chi connectivity index (χ2v) is 7.62. The van der Waals surface area contributed by atoms with E-state index in [2.05, 4.69) is 36.2 Å². The molecule has 144 valence electrons. The minimum atomic E-state index is 0.296. The Kier molecular flexibility index (Phi) is 6.51. The molecule has 0 amide bonds. The Labute approximate surface area is 162 Å². The van der Waals surface area contributed by atoms with Gasteiger partial charge in [0, 0.05) is 18.2 Å². The number of methoxy groups -OCH3 is 1. The maximum atomic E-state index is 12.2. The number of carbonyl (C=O) groups excluding carboxylic acids is 1. The largest absolute Gasteiger partial charge is 0.497 e. The van der Waals surface area contributed by atoms with Gasteiger partial charge in [-0.05, 0) is 67.6 Å². The van der Waals surface area contributed by atoms with Gasteiger partial charge in [0.05, 0.1) is 13.7 Å². The third-order valence-corrected chi connectivity index (χ3v) is 5.56. The second kappa shape index (κ2) is 9.05. The molecular formula is C23H30N2O2.